The second-order valence-corrected chi connectivity index (χ2v) is 8.70. The quantitative estimate of drug-likeness (QED) is 0.623. The maximum Gasteiger partial charge on any atom is 0.419 e. The predicted molar refractivity (Wildman–Crippen MR) is 116 cm³/mol. The molecule has 2 fully saturated rings. The molecule has 1 aromatic carbocycles. The zero-order valence-electron chi connectivity index (χ0n) is 18.2. The van der Waals surface area contributed by atoms with Crippen LogP contribution in [0, 0.1) is 0 Å². The average Bonchev–Trinajstić information content (AvgIpc) is 3.35. The largest absolute Gasteiger partial charge is 0.419 e. The Morgan fingerprint density at radius 1 is 1.12 bits per heavy atom. The third-order valence-electron chi connectivity index (χ3n) is 6.56. The molecule has 2 aromatic heterocycles. The first-order chi connectivity index (χ1) is 16.1. The molecule has 2 aliphatic rings. The second-order valence-electron chi connectivity index (χ2n) is 8.70. The van der Waals surface area contributed by atoms with Crippen LogP contribution in [0.2, 0.25) is 0 Å². The SMILES string of the molecule is CC(C(=O)N1C2CCC1CN(c1ncc(C(F)(F)F)cn1)C2)n1cc2cccc(C(N)=O)c2n1. The number of carbonyl (C=O) groups is 2. The standard InChI is InChI=1S/C22H22F3N7O2/c1-12(31-9-13-3-2-4-17(19(26)33)18(13)29-31)20(34)32-15-5-6-16(32)11-30(10-15)21-27-7-14(8-28-21)22(23,24)25/h2-4,7-9,12,15-16H,5-6,10-11H2,1H3,(H2,26,33). The minimum absolute atomic E-state index is 0.103. The van der Waals surface area contributed by atoms with Gasteiger partial charge in [0.15, 0.2) is 0 Å². The van der Waals surface area contributed by atoms with Gasteiger partial charge in [0.25, 0.3) is 5.91 Å². The van der Waals surface area contributed by atoms with E-state index in [1.54, 1.807) is 36.0 Å². The Morgan fingerprint density at radius 3 is 2.35 bits per heavy atom. The topological polar surface area (TPSA) is 110 Å². The number of amides is 2. The van der Waals surface area contributed by atoms with E-state index in [9.17, 15) is 22.8 Å². The number of piperazine rings is 1. The summed E-state index contributed by atoms with van der Waals surface area (Å²) in [6.45, 7) is 2.63. The van der Waals surface area contributed by atoms with Crippen molar-refractivity contribution in [2.75, 3.05) is 18.0 Å². The van der Waals surface area contributed by atoms with Gasteiger partial charge in [-0.05, 0) is 25.8 Å². The first-order valence-electron chi connectivity index (χ1n) is 10.9. The van der Waals surface area contributed by atoms with Crippen LogP contribution in [0.1, 0.15) is 41.7 Å². The number of nitrogens with zero attached hydrogens (tertiary/aromatic N) is 6. The van der Waals surface area contributed by atoms with Crippen molar-refractivity contribution in [3.05, 3.63) is 47.9 Å². The molecule has 12 heteroatoms. The number of nitrogens with two attached hydrogens (primary N) is 1. The molecule has 2 saturated heterocycles. The second kappa shape index (κ2) is 7.96. The first-order valence-corrected chi connectivity index (χ1v) is 10.9. The average molecular weight is 473 g/mol. The first kappa shape index (κ1) is 22.1. The van der Waals surface area contributed by atoms with Crippen molar-refractivity contribution in [1.82, 2.24) is 24.6 Å². The number of alkyl halides is 3. The molecule has 2 N–H and O–H groups in total. The normalized spacial score (nSPS) is 21.2. The Labute approximate surface area is 192 Å². The summed E-state index contributed by atoms with van der Waals surface area (Å²) in [5.41, 5.74) is 5.29. The Bertz CT molecular complexity index is 1240. The summed E-state index contributed by atoms with van der Waals surface area (Å²) in [7, 11) is 0. The minimum Gasteiger partial charge on any atom is -0.366 e. The Morgan fingerprint density at radius 2 is 1.76 bits per heavy atom. The van der Waals surface area contributed by atoms with Crippen molar-refractivity contribution in [1.29, 1.82) is 0 Å². The molecular weight excluding hydrogens is 451 g/mol. The highest BCUT2D eigenvalue weighted by atomic mass is 19.4. The summed E-state index contributed by atoms with van der Waals surface area (Å²) in [6, 6.07) is 4.29. The molecule has 2 bridgehead atoms. The van der Waals surface area contributed by atoms with Crippen molar-refractivity contribution in [2.45, 2.75) is 44.1 Å². The molecule has 5 rings (SSSR count). The van der Waals surface area contributed by atoms with E-state index in [0.717, 1.165) is 25.2 Å². The predicted octanol–water partition coefficient (Wildman–Crippen LogP) is 2.38. The highest BCUT2D eigenvalue weighted by Gasteiger charge is 2.45. The van der Waals surface area contributed by atoms with Crippen LogP contribution >= 0.6 is 0 Å². The monoisotopic (exact) mass is 473 g/mol. The highest BCUT2D eigenvalue weighted by molar-refractivity contribution is 6.04. The van der Waals surface area contributed by atoms with Gasteiger partial charge in [0.2, 0.25) is 11.9 Å². The number of halogens is 3. The van der Waals surface area contributed by atoms with Crippen molar-refractivity contribution in [3.8, 4) is 0 Å². The van der Waals surface area contributed by atoms with Gasteiger partial charge in [-0.25, -0.2) is 9.97 Å². The van der Waals surface area contributed by atoms with E-state index >= 15 is 0 Å². The van der Waals surface area contributed by atoms with E-state index in [0.29, 0.717) is 29.6 Å². The van der Waals surface area contributed by atoms with Gasteiger partial charge in [0, 0.05) is 49.1 Å². The number of hydrogen-bond acceptors (Lipinski definition) is 6. The molecule has 0 radical (unpaired) electrons. The van der Waals surface area contributed by atoms with Gasteiger partial charge < -0.3 is 15.5 Å². The molecule has 0 aliphatic carbocycles. The lowest BCUT2D eigenvalue weighted by molar-refractivity contribution is -0.139. The zero-order chi connectivity index (χ0) is 24.2. The van der Waals surface area contributed by atoms with Gasteiger partial charge >= 0.3 is 6.18 Å². The van der Waals surface area contributed by atoms with Crippen molar-refractivity contribution < 1.29 is 22.8 Å². The van der Waals surface area contributed by atoms with Crippen LogP contribution < -0.4 is 10.6 Å². The molecule has 0 spiro atoms. The lowest BCUT2D eigenvalue weighted by atomic mass is 10.1. The third kappa shape index (κ3) is 3.72. The summed E-state index contributed by atoms with van der Waals surface area (Å²) in [6.07, 6.45) is 0.367. The number of hydrogen-bond donors (Lipinski definition) is 1. The van der Waals surface area contributed by atoms with Gasteiger partial charge in [-0.2, -0.15) is 18.3 Å². The summed E-state index contributed by atoms with van der Waals surface area (Å²) >= 11 is 0. The smallest absolute Gasteiger partial charge is 0.366 e. The maximum atomic E-state index is 13.5. The Balaban J connectivity index is 1.34. The van der Waals surface area contributed by atoms with Gasteiger partial charge in [-0.1, -0.05) is 12.1 Å². The fourth-order valence-electron chi connectivity index (χ4n) is 4.85. The number of primary amides is 1. The van der Waals surface area contributed by atoms with E-state index in [4.69, 9.17) is 5.73 Å². The van der Waals surface area contributed by atoms with Gasteiger partial charge in [0.1, 0.15) is 11.6 Å². The van der Waals surface area contributed by atoms with Crippen LogP contribution in [0.4, 0.5) is 19.1 Å². The fraction of sp³-hybridized carbons (Fsp3) is 0.409. The van der Waals surface area contributed by atoms with E-state index in [-0.39, 0.29) is 23.9 Å². The number of aromatic nitrogens is 4. The summed E-state index contributed by atoms with van der Waals surface area (Å²) in [4.78, 5) is 36.7. The zero-order valence-corrected chi connectivity index (χ0v) is 18.2. The third-order valence-corrected chi connectivity index (χ3v) is 6.56. The van der Waals surface area contributed by atoms with E-state index in [1.807, 2.05) is 9.80 Å². The molecule has 3 aromatic rings. The molecule has 2 amide bonds. The molecule has 3 atom stereocenters. The van der Waals surface area contributed by atoms with Gasteiger partial charge in [-0.3, -0.25) is 14.3 Å². The number of fused-ring (bicyclic) bond motifs is 3. The summed E-state index contributed by atoms with van der Waals surface area (Å²) in [5, 5.41) is 5.17. The number of anilines is 1. The van der Waals surface area contributed by atoms with Crippen LogP contribution in [0.25, 0.3) is 10.9 Å². The van der Waals surface area contributed by atoms with Crippen LogP contribution in [0.3, 0.4) is 0 Å². The molecule has 2 aliphatic heterocycles. The van der Waals surface area contributed by atoms with Crippen LogP contribution in [-0.2, 0) is 11.0 Å². The van der Waals surface area contributed by atoms with E-state index in [1.165, 1.54) is 0 Å². The minimum atomic E-state index is -4.49. The molecule has 4 heterocycles. The van der Waals surface area contributed by atoms with E-state index in [2.05, 4.69) is 15.1 Å². The summed E-state index contributed by atoms with van der Waals surface area (Å²) < 4.78 is 40.0. The van der Waals surface area contributed by atoms with Crippen molar-refractivity contribution >= 4 is 28.7 Å². The molecule has 9 nitrogen and oxygen atoms in total. The van der Waals surface area contributed by atoms with Crippen LogP contribution in [0.15, 0.2) is 36.8 Å². The van der Waals surface area contributed by atoms with Crippen molar-refractivity contribution in [2.24, 2.45) is 5.73 Å². The molecular formula is C22H22F3N7O2. The van der Waals surface area contributed by atoms with E-state index < -0.39 is 23.7 Å². The van der Waals surface area contributed by atoms with Crippen LogP contribution in [0.5, 0.6) is 0 Å². The number of carbonyl (C=O) groups excluding carboxylic acids is 2. The maximum absolute atomic E-state index is 13.5. The Hall–Kier alpha value is -3.70. The fourth-order valence-corrected chi connectivity index (χ4v) is 4.85. The summed E-state index contributed by atoms with van der Waals surface area (Å²) in [5.74, 6) is -0.467. The van der Waals surface area contributed by atoms with Crippen LogP contribution in [-0.4, -0.2) is 61.6 Å². The van der Waals surface area contributed by atoms with Crippen molar-refractivity contribution in [3.63, 3.8) is 0 Å². The number of rotatable bonds is 4. The molecule has 178 valence electrons. The molecule has 0 saturated carbocycles. The Kier molecular flexibility index (Phi) is 5.18. The van der Waals surface area contributed by atoms with Gasteiger partial charge in [-0.15, -0.1) is 0 Å². The number of benzene rings is 1. The van der Waals surface area contributed by atoms with Gasteiger partial charge in [0.05, 0.1) is 11.1 Å². The lowest BCUT2D eigenvalue weighted by Gasteiger charge is -2.42. The molecule has 3 unspecified atom stereocenters. The lowest BCUT2D eigenvalue weighted by Crippen LogP contribution is -2.57. The molecule has 34 heavy (non-hydrogen) atoms. The highest BCUT2D eigenvalue weighted by Crippen LogP contribution is 2.34.